The highest BCUT2D eigenvalue weighted by Crippen LogP contribution is 2.20. The molecule has 1 unspecified atom stereocenters. The van der Waals surface area contributed by atoms with Crippen LogP contribution >= 0.6 is 11.6 Å². The van der Waals surface area contributed by atoms with Crippen LogP contribution in [0, 0.1) is 0 Å². The van der Waals surface area contributed by atoms with Gasteiger partial charge in [0, 0.05) is 17.6 Å². The first-order valence-electron chi connectivity index (χ1n) is 4.04. The SMILES string of the molecule is NCC(N)c1ccc(Cl)cc1CO. The Bertz CT molecular complexity index is 291. The second-order valence-corrected chi connectivity index (χ2v) is 3.28. The van der Waals surface area contributed by atoms with Crippen LogP contribution in [-0.2, 0) is 6.61 Å². The lowest BCUT2D eigenvalue weighted by Crippen LogP contribution is -2.22. The molecule has 0 aromatic heterocycles. The van der Waals surface area contributed by atoms with E-state index in [0.29, 0.717) is 11.6 Å². The third kappa shape index (κ3) is 2.42. The summed E-state index contributed by atoms with van der Waals surface area (Å²) in [4.78, 5) is 0. The third-order valence-electron chi connectivity index (χ3n) is 1.93. The Hall–Kier alpha value is -0.610. The van der Waals surface area contributed by atoms with Gasteiger partial charge in [0.05, 0.1) is 6.61 Å². The van der Waals surface area contributed by atoms with Crippen LogP contribution in [0.1, 0.15) is 17.2 Å². The Balaban J connectivity index is 3.05. The minimum atomic E-state index is -0.237. The molecule has 0 aliphatic heterocycles. The first-order valence-corrected chi connectivity index (χ1v) is 4.41. The van der Waals surface area contributed by atoms with Gasteiger partial charge in [0.2, 0.25) is 0 Å². The van der Waals surface area contributed by atoms with Gasteiger partial charge in [-0.3, -0.25) is 0 Å². The second-order valence-electron chi connectivity index (χ2n) is 2.84. The second kappa shape index (κ2) is 4.58. The van der Waals surface area contributed by atoms with Gasteiger partial charge in [0.1, 0.15) is 0 Å². The van der Waals surface area contributed by atoms with Crippen LogP contribution in [0.2, 0.25) is 5.02 Å². The predicted molar refractivity (Wildman–Crippen MR) is 53.4 cm³/mol. The summed E-state index contributed by atoms with van der Waals surface area (Å²) in [5.41, 5.74) is 12.8. The van der Waals surface area contributed by atoms with Crippen molar-refractivity contribution in [2.45, 2.75) is 12.6 Å². The van der Waals surface area contributed by atoms with Gasteiger partial charge in [-0.05, 0) is 23.3 Å². The Morgan fingerprint density at radius 2 is 2.15 bits per heavy atom. The summed E-state index contributed by atoms with van der Waals surface area (Å²) in [5.74, 6) is 0. The van der Waals surface area contributed by atoms with E-state index >= 15 is 0 Å². The number of aliphatic hydroxyl groups is 1. The van der Waals surface area contributed by atoms with Crippen molar-refractivity contribution in [1.29, 1.82) is 0 Å². The van der Waals surface area contributed by atoms with Crippen LogP contribution < -0.4 is 11.5 Å². The van der Waals surface area contributed by atoms with Crippen LogP contribution in [0.15, 0.2) is 18.2 Å². The van der Waals surface area contributed by atoms with Crippen molar-refractivity contribution < 1.29 is 5.11 Å². The number of nitrogens with two attached hydrogens (primary N) is 2. The van der Waals surface area contributed by atoms with Crippen LogP contribution in [0.5, 0.6) is 0 Å². The summed E-state index contributed by atoms with van der Waals surface area (Å²) in [5, 5.41) is 9.63. The molecule has 1 rings (SSSR count). The molecule has 0 fully saturated rings. The normalized spacial score (nSPS) is 12.9. The molecule has 0 aliphatic rings. The van der Waals surface area contributed by atoms with Gasteiger partial charge in [0.15, 0.2) is 0 Å². The molecule has 4 heteroatoms. The fraction of sp³-hybridized carbons (Fsp3) is 0.333. The number of hydrogen-bond acceptors (Lipinski definition) is 3. The number of rotatable bonds is 3. The van der Waals surface area contributed by atoms with Crippen LogP contribution in [0.25, 0.3) is 0 Å². The molecule has 72 valence electrons. The lowest BCUT2D eigenvalue weighted by molar-refractivity contribution is 0.280. The summed E-state index contributed by atoms with van der Waals surface area (Å²) < 4.78 is 0. The highest BCUT2D eigenvalue weighted by Gasteiger charge is 2.08. The van der Waals surface area contributed by atoms with E-state index in [1.54, 1.807) is 18.2 Å². The Morgan fingerprint density at radius 1 is 1.46 bits per heavy atom. The van der Waals surface area contributed by atoms with Gasteiger partial charge in [-0.2, -0.15) is 0 Å². The van der Waals surface area contributed by atoms with Gasteiger partial charge >= 0.3 is 0 Å². The summed E-state index contributed by atoms with van der Waals surface area (Å²) in [6.07, 6.45) is 0. The molecule has 3 nitrogen and oxygen atoms in total. The zero-order valence-corrected chi connectivity index (χ0v) is 7.96. The number of aliphatic hydroxyl groups excluding tert-OH is 1. The van der Waals surface area contributed by atoms with E-state index in [9.17, 15) is 0 Å². The number of halogens is 1. The van der Waals surface area contributed by atoms with Crippen LogP contribution in [0.3, 0.4) is 0 Å². The predicted octanol–water partition coefficient (Wildman–Crippen LogP) is 0.791. The maximum atomic E-state index is 9.03. The Morgan fingerprint density at radius 3 is 2.69 bits per heavy atom. The van der Waals surface area contributed by atoms with Gasteiger partial charge in [-0.25, -0.2) is 0 Å². The first-order chi connectivity index (χ1) is 6.19. The monoisotopic (exact) mass is 200 g/mol. The van der Waals surface area contributed by atoms with Crippen molar-refractivity contribution in [2.24, 2.45) is 11.5 Å². The maximum absolute atomic E-state index is 9.03. The molecule has 1 aromatic rings. The molecular formula is C9H13ClN2O. The number of hydrogen-bond donors (Lipinski definition) is 3. The van der Waals surface area contributed by atoms with E-state index in [1.807, 2.05) is 0 Å². The summed E-state index contributed by atoms with van der Waals surface area (Å²) >= 11 is 5.76. The van der Waals surface area contributed by atoms with Crippen molar-refractivity contribution in [3.8, 4) is 0 Å². The molecule has 1 aromatic carbocycles. The lowest BCUT2D eigenvalue weighted by atomic mass is 10.0. The smallest absolute Gasteiger partial charge is 0.0685 e. The molecule has 0 spiro atoms. The van der Waals surface area contributed by atoms with E-state index in [1.165, 1.54) is 0 Å². The fourth-order valence-electron chi connectivity index (χ4n) is 1.20. The molecule has 0 amide bonds. The molecule has 0 heterocycles. The van der Waals surface area contributed by atoms with E-state index in [4.69, 9.17) is 28.2 Å². The van der Waals surface area contributed by atoms with Gasteiger partial charge in [0.25, 0.3) is 0 Å². The van der Waals surface area contributed by atoms with Crippen molar-refractivity contribution >= 4 is 11.6 Å². The first kappa shape index (κ1) is 10.5. The van der Waals surface area contributed by atoms with Crippen molar-refractivity contribution in [1.82, 2.24) is 0 Å². The topological polar surface area (TPSA) is 72.3 Å². The largest absolute Gasteiger partial charge is 0.392 e. The Labute approximate surface area is 82.3 Å². The maximum Gasteiger partial charge on any atom is 0.0685 e. The number of benzene rings is 1. The van der Waals surface area contributed by atoms with E-state index < -0.39 is 0 Å². The molecule has 0 bridgehead atoms. The van der Waals surface area contributed by atoms with Crippen molar-refractivity contribution in [2.75, 3.05) is 6.54 Å². The molecule has 5 N–H and O–H groups in total. The third-order valence-corrected chi connectivity index (χ3v) is 2.16. The quantitative estimate of drug-likeness (QED) is 0.676. The summed E-state index contributed by atoms with van der Waals surface area (Å²) in [6.45, 7) is 0.290. The van der Waals surface area contributed by atoms with Crippen molar-refractivity contribution in [3.63, 3.8) is 0 Å². The van der Waals surface area contributed by atoms with E-state index in [2.05, 4.69) is 0 Å². The van der Waals surface area contributed by atoms with Gasteiger partial charge in [-0.15, -0.1) is 0 Å². The summed E-state index contributed by atoms with van der Waals surface area (Å²) in [7, 11) is 0. The molecule has 0 radical (unpaired) electrons. The molecule has 0 saturated heterocycles. The minimum absolute atomic E-state index is 0.0659. The lowest BCUT2D eigenvalue weighted by Gasteiger charge is -2.13. The van der Waals surface area contributed by atoms with Gasteiger partial charge < -0.3 is 16.6 Å². The molecular weight excluding hydrogens is 188 g/mol. The van der Waals surface area contributed by atoms with Crippen molar-refractivity contribution in [3.05, 3.63) is 34.3 Å². The molecule has 0 saturated carbocycles. The fourth-order valence-corrected chi connectivity index (χ4v) is 1.39. The standard InChI is InChI=1S/C9H13ClN2O/c10-7-1-2-8(9(12)4-11)6(3-7)5-13/h1-3,9,13H,4-5,11-12H2. The minimum Gasteiger partial charge on any atom is -0.392 e. The highest BCUT2D eigenvalue weighted by molar-refractivity contribution is 6.30. The van der Waals surface area contributed by atoms with E-state index in [-0.39, 0.29) is 12.6 Å². The zero-order valence-electron chi connectivity index (χ0n) is 7.20. The molecule has 1 atom stereocenters. The average Bonchev–Trinajstić information content (AvgIpc) is 2.16. The molecule has 0 aliphatic carbocycles. The van der Waals surface area contributed by atoms with Crippen LogP contribution in [-0.4, -0.2) is 11.7 Å². The highest BCUT2D eigenvalue weighted by atomic mass is 35.5. The molecule has 13 heavy (non-hydrogen) atoms. The zero-order chi connectivity index (χ0) is 9.84. The van der Waals surface area contributed by atoms with Gasteiger partial charge in [-0.1, -0.05) is 17.7 Å². The van der Waals surface area contributed by atoms with Crippen LogP contribution in [0.4, 0.5) is 0 Å². The Kier molecular flexibility index (Phi) is 3.69. The average molecular weight is 201 g/mol. The van der Waals surface area contributed by atoms with E-state index in [0.717, 1.165) is 11.1 Å². The summed E-state index contributed by atoms with van der Waals surface area (Å²) in [6, 6.07) is 5.00.